The zero-order valence-corrected chi connectivity index (χ0v) is 20.8. The number of benzene rings is 2. The number of anilines is 1. The normalized spacial score (nSPS) is 16.4. The van der Waals surface area contributed by atoms with Crippen molar-refractivity contribution in [2.75, 3.05) is 16.8 Å². The molecule has 1 amide bonds. The highest BCUT2D eigenvalue weighted by Crippen LogP contribution is 2.37. The number of Topliss-reactive ketones (excluding diaryl/α,β-unsaturated/α-hetero) is 1. The smallest absolute Gasteiger partial charge is 0.326 e. The van der Waals surface area contributed by atoms with Gasteiger partial charge in [-0.2, -0.15) is 0 Å². The molecule has 1 N–H and O–H groups in total. The molecule has 0 atom stereocenters. The van der Waals surface area contributed by atoms with E-state index in [-0.39, 0.29) is 41.3 Å². The number of hydrogen-bond acceptors (Lipinski definition) is 5. The maximum absolute atomic E-state index is 13.4. The van der Waals surface area contributed by atoms with Crippen LogP contribution in [-0.2, 0) is 14.6 Å². The number of amides is 1. The van der Waals surface area contributed by atoms with Crippen molar-refractivity contribution in [3.05, 3.63) is 58.0 Å². The molecule has 34 heavy (non-hydrogen) atoms. The van der Waals surface area contributed by atoms with Gasteiger partial charge in [0.05, 0.1) is 28.2 Å². The monoisotopic (exact) mass is 483 g/mol. The molecule has 3 aromatic rings. The Bertz CT molecular complexity index is 1480. The Labute approximate surface area is 198 Å². The molecule has 2 heterocycles. The summed E-state index contributed by atoms with van der Waals surface area (Å²) in [5.41, 5.74) is 3.16. The summed E-state index contributed by atoms with van der Waals surface area (Å²) in [6.45, 7) is 8.94. The van der Waals surface area contributed by atoms with E-state index in [0.717, 1.165) is 5.56 Å². The standard InChI is InChI=1S/C25H29N3O5S/c1-15(2)27-22-11-18(23(30)12-25(5)13-34(32,33)14-25)6-9-21(22)28(24(27)31)19-7-8-20(16(3)10-19)26-17(4)29/h6-11,15H,12-14H2,1-5H3,(H,26,29). The first-order chi connectivity index (χ1) is 15.8. The van der Waals surface area contributed by atoms with Crippen molar-refractivity contribution >= 4 is 38.2 Å². The molecule has 4 rings (SSSR count). The van der Waals surface area contributed by atoms with Gasteiger partial charge in [-0.3, -0.25) is 18.7 Å². The van der Waals surface area contributed by atoms with Crippen LogP contribution in [-0.4, -0.2) is 40.7 Å². The van der Waals surface area contributed by atoms with Crippen LogP contribution in [0.3, 0.4) is 0 Å². The second-order valence-electron chi connectivity index (χ2n) is 9.91. The number of nitrogens with zero attached hydrogens (tertiary/aromatic N) is 2. The van der Waals surface area contributed by atoms with E-state index in [0.29, 0.717) is 28.0 Å². The average Bonchev–Trinajstić information content (AvgIpc) is 2.98. The van der Waals surface area contributed by atoms with E-state index in [2.05, 4.69) is 5.32 Å². The number of carbonyl (C=O) groups is 2. The number of nitrogens with one attached hydrogen (secondary N) is 1. The number of carbonyl (C=O) groups excluding carboxylic acids is 2. The van der Waals surface area contributed by atoms with Crippen LogP contribution in [0.2, 0.25) is 0 Å². The average molecular weight is 484 g/mol. The predicted molar refractivity (Wildman–Crippen MR) is 133 cm³/mol. The molecular weight excluding hydrogens is 454 g/mol. The molecule has 8 nitrogen and oxygen atoms in total. The molecule has 0 spiro atoms. The highest BCUT2D eigenvalue weighted by Gasteiger charge is 2.45. The first-order valence-electron chi connectivity index (χ1n) is 11.2. The Morgan fingerprint density at radius 2 is 1.76 bits per heavy atom. The van der Waals surface area contributed by atoms with Crippen LogP contribution in [0.25, 0.3) is 16.7 Å². The predicted octanol–water partition coefficient (Wildman–Crippen LogP) is 3.65. The minimum absolute atomic E-state index is 0.0227. The second kappa shape index (κ2) is 8.23. The Kier molecular flexibility index (Phi) is 5.80. The number of ketones is 1. The third-order valence-corrected chi connectivity index (χ3v) is 8.49. The summed E-state index contributed by atoms with van der Waals surface area (Å²) in [7, 11) is -3.04. The van der Waals surface area contributed by atoms with E-state index in [1.165, 1.54) is 6.92 Å². The van der Waals surface area contributed by atoms with Gasteiger partial charge in [0.1, 0.15) is 0 Å². The molecule has 9 heteroatoms. The fourth-order valence-corrected chi connectivity index (χ4v) is 7.11. The minimum Gasteiger partial charge on any atom is -0.326 e. The van der Waals surface area contributed by atoms with E-state index in [4.69, 9.17) is 0 Å². The lowest BCUT2D eigenvalue weighted by molar-refractivity contribution is -0.114. The van der Waals surface area contributed by atoms with Gasteiger partial charge in [0.2, 0.25) is 5.91 Å². The molecule has 1 fully saturated rings. The van der Waals surface area contributed by atoms with Crippen LogP contribution in [0.1, 0.15) is 56.1 Å². The van der Waals surface area contributed by atoms with Gasteiger partial charge in [0.15, 0.2) is 15.6 Å². The maximum Gasteiger partial charge on any atom is 0.333 e. The summed E-state index contributed by atoms with van der Waals surface area (Å²) < 4.78 is 26.5. The summed E-state index contributed by atoms with van der Waals surface area (Å²) >= 11 is 0. The second-order valence-corrected chi connectivity index (χ2v) is 12.0. The summed E-state index contributed by atoms with van der Waals surface area (Å²) in [6.07, 6.45) is 0.147. The van der Waals surface area contributed by atoms with Crippen LogP contribution in [0.15, 0.2) is 41.2 Å². The molecule has 1 saturated heterocycles. The molecule has 0 unspecified atom stereocenters. The van der Waals surface area contributed by atoms with E-state index in [1.54, 1.807) is 39.5 Å². The summed E-state index contributed by atoms with van der Waals surface area (Å²) in [4.78, 5) is 37.9. The Morgan fingerprint density at radius 3 is 2.32 bits per heavy atom. The van der Waals surface area contributed by atoms with Crippen molar-refractivity contribution < 1.29 is 18.0 Å². The number of hydrogen-bond donors (Lipinski definition) is 1. The number of imidazole rings is 1. The molecule has 1 aromatic heterocycles. The van der Waals surface area contributed by atoms with Gasteiger partial charge in [-0.1, -0.05) is 6.92 Å². The maximum atomic E-state index is 13.4. The number of aromatic nitrogens is 2. The number of rotatable bonds is 6. The van der Waals surface area contributed by atoms with Gasteiger partial charge in [-0.25, -0.2) is 13.2 Å². The van der Waals surface area contributed by atoms with Crippen LogP contribution in [0, 0.1) is 12.3 Å². The lowest BCUT2D eigenvalue weighted by atomic mass is 9.86. The summed E-state index contributed by atoms with van der Waals surface area (Å²) in [5, 5.41) is 2.77. The van der Waals surface area contributed by atoms with Gasteiger partial charge in [-0.15, -0.1) is 0 Å². The molecular formula is C25H29N3O5S. The van der Waals surface area contributed by atoms with E-state index in [1.807, 2.05) is 33.8 Å². The first kappa shape index (κ1) is 23.9. The fraction of sp³-hybridized carbons (Fsp3) is 0.400. The molecule has 0 saturated carbocycles. The van der Waals surface area contributed by atoms with E-state index >= 15 is 0 Å². The van der Waals surface area contributed by atoms with Crippen LogP contribution in [0.5, 0.6) is 0 Å². The van der Waals surface area contributed by atoms with E-state index in [9.17, 15) is 22.8 Å². The molecule has 0 radical (unpaired) electrons. The zero-order chi connectivity index (χ0) is 25.0. The van der Waals surface area contributed by atoms with Gasteiger partial charge in [0.25, 0.3) is 0 Å². The quantitative estimate of drug-likeness (QED) is 0.539. The number of sulfone groups is 1. The Hall–Kier alpha value is -3.20. The third kappa shape index (κ3) is 4.32. The molecule has 1 aliphatic rings. The number of fused-ring (bicyclic) bond motifs is 1. The van der Waals surface area contributed by atoms with E-state index < -0.39 is 15.3 Å². The lowest BCUT2D eigenvalue weighted by Gasteiger charge is -2.37. The highest BCUT2D eigenvalue weighted by atomic mass is 32.2. The summed E-state index contributed by atoms with van der Waals surface area (Å²) in [6, 6.07) is 10.4. The van der Waals surface area contributed by atoms with Gasteiger partial charge in [-0.05, 0) is 62.7 Å². The lowest BCUT2D eigenvalue weighted by Crippen LogP contribution is -2.47. The summed E-state index contributed by atoms with van der Waals surface area (Å²) in [5.74, 6) is -0.260. The molecule has 2 aromatic carbocycles. The van der Waals surface area contributed by atoms with Crippen molar-refractivity contribution in [1.29, 1.82) is 0 Å². The van der Waals surface area contributed by atoms with Gasteiger partial charge < -0.3 is 5.32 Å². The van der Waals surface area contributed by atoms with Crippen molar-refractivity contribution in [2.24, 2.45) is 5.41 Å². The largest absolute Gasteiger partial charge is 0.333 e. The van der Waals surface area contributed by atoms with Gasteiger partial charge >= 0.3 is 5.69 Å². The number of aryl methyl sites for hydroxylation is 1. The van der Waals surface area contributed by atoms with Crippen LogP contribution in [0.4, 0.5) is 5.69 Å². The van der Waals surface area contributed by atoms with Crippen molar-refractivity contribution in [2.45, 2.75) is 47.1 Å². The van der Waals surface area contributed by atoms with Crippen LogP contribution < -0.4 is 11.0 Å². The van der Waals surface area contributed by atoms with Crippen molar-refractivity contribution in [3.8, 4) is 5.69 Å². The van der Waals surface area contributed by atoms with Crippen molar-refractivity contribution in [1.82, 2.24) is 9.13 Å². The SMILES string of the molecule is CC(=O)Nc1ccc(-n2c(=O)n(C(C)C)c3cc(C(=O)CC4(C)CS(=O)(=O)C4)ccc32)cc1C. The molecule has 0 aliphatic carbocycles. The minimum atomic E-state index is -3.04. The molecule has 0 bridgehead atoms. The fourth-order valence-electron chi connectivity index (χ4n) is 4.87. The van der Waals surface area contributed by atoms with Gasteiger partial charge in [0, 0.05) is 36.1 Å². The zero-order valence-electron chi connectivity index (χ0n) is 20.0. The highest BCUT2D eigenvalue weighted by molar-refractivity contribution is 7.92. The Morgan fingerprint density at radius 1 is 1.09 bits per heavy atom. The first-order valence-corrected chi connectivity index (χ1v) is 13.0. The third-order valence-electron chi connectivity index (χ3n) is 6.21. The Balaban J connectivity index is 1.78. The van der Waals surface area contributed by atoms with Crippen molar-refractivity contribution in [3.63, 3.8) is 0 Å². The van der Waals surface area contributed by atoms with Crippen LogP contribution >= 0.6 is 0 Å². The molecule has 1 aliphatic heterocycles. The topological polar surface area (TPSA) is 107 Å². The molecule has 180 valence electrons.